The van der Waals surface area contributed by atoms with Crippen molar-refractivity contribution in [1.29, 1.82) is 0 Å². The topological polar surface area (TPSA) is 0 Å². The molecule has 0 saturated heterocycles. The van der Waals surface area contributed by atoms with Crippen LogP contribution in [0.5, 0.6) is 0 Å². The van der Waals surface area contributed by atoms with Gasteiger partial charge in [0.1, 0.15) is 0 Å². The molecule has 0 aliphatic rings. The number of fused-ring (bicyclic) bond motifs is 2. The minimum Gasteiger partial charge on any atom is -0.642 e. The van der Waals surface area contributed by atoms with Gasteiger partial charge in [-0.25, -0.2) is 0 Å². The third kappa shape index (κ3) is 3.13. The Hall–Kier alpha value is -1.85. The average Bonchev–Trinajstić information content (AvgIpc) is 3.08. The Kier molecular flexibility index (Phi) is 4.55. The van der Waals surface area contributed by atoms with Crippen LogP contribution in [0.2, 0.25) is 0 Å². The van der Waals surface area contributed by atoms with Crippen molar-refractivity contribution in [3.05, 3.63) is 84.9 Å². The monoisotopic (exact) mass is 288 g/mol. The Bertz CT molecular complexity index is 620. The van der Waals surface area contributed by atoms with Gasteiger partial charge in [-0.2, -0.15) is 12.1 Å². The number of hydrogen-bond donors (Lipinski definition) is 0. The van der Waals surface area contributed by atoms with Gasteiger partial charge < -0.3 is 53.2 Å². The Morgan fingerprint density at radius 3 is 1.95 bits per heavy atom. The molecule has 19 heavy (non-hydrogen) atoms. The first-order valence-corrected chi connectivity index (χ1v) is 6.14. The van der Waals surface area contributed by atoms with Crippen LogP contribution in [-0.4, -0.2) is 0 Å². The van der Waals surface area contributed by atoms with Gasteiger partial charge in [-0.1, -0.05) is 5.39 Å². The zero-order valence-corrected chi connectivity index (χ0v) is 11.4. The second-order valence-corrected chi connectivity index (χ2v) is 4.31. The molecule has 4 rings (SSSR count). The van der Waals surface area contributed by atoms with Gasteiger partial charge in [-0.3, -0.25) is 0 Å². The second-order valence-electron chi connectivity index (χ2n) is 4.31. The predicted molar refractivity (Wildman–Crippen MR) is 79.1 cm³/mol. The SMILES string of the molecule is [Ni].c1cc[c-]2[cH-][cH-][cH-][c-]2c1.c1cc[c-]2cccc2c1. The van der Waals surface area contributed by atoms with E-state index in [4.69, 9.17) is 0 Å². The fourth-order valence-corrected chi connectivity index (χ4v) is 2.14. The van der Waals surface area contributed by atoms with Crippen LogP contribution >= 0.6 is 0 Å². The maximum absolute atomic E-state index is 2.12. The summed E-state index contributed by atoms with van der Waals surface area (Å²) in [6, 6.07) is 29.3. The minimum absolute atomic E-state index is 0. The fourth-order valence-electron chi connectivity index (χ4n) is 2.14. The van der Waals surface area contributed by atoms with E-state index in [-0.39, 0.29) is 16.5 Å². The van der Waals surface area contributed by atoms with Crippen LogP contribution in [0.1, 0.15) is 0 Å². The van der Waals surface area contributed by atoms with E-state index in [1.807, 2.05) is 0 Å². The van der Waals surface area contributed by atoms with Crippen LogP contribution < -0.4 is 0 Å². The first kappa shape index (κ1) is 13.6. The average molecular weight is 289 g/mol. The van der Waals surface area contributed by atoms with Gasteiger partial charge in [0, 0.05) is 16.5 Å². The van der Waals surface area contributed by atoms with E-state index in [1.54, 1.807) is 0 Å². The van der Waals surface area contributed by atoms with Gasteiger partial charge in [0.25, 0.3) is 0 Å². The molecule has 0 aliphatic heterocycles. The Morgan fingerprint density at radius 1 is 0.684 bits per heavy atom. The smallest absolute Gasteiger partial charge is 0 e. The van der Waals surface area contributed by atoms with Crippen LogP contribution in [0, 0.1) is 0 Å². The van der Waals surface area contributed by atoms with E-state index < -0.39 is 0 Å². The maximum atomic E-state index is 2.12. The molecule has 1 heteroatoms. The van der Waals surface area contributed by atoms with Crippen molar-refractivity contribution in [2.45, 2.75) is 0 Å². The predicted octanol–water partition coefficient (Wildman–Crippen LogP) is 5.11. The molecule has 0 nitrogen and oxygen atoms in total. The number of hydrogen-bond acceptors (Lipinski definition) is 0. The molecule has 0 amide bonds. The van der Waals surface area contributed by atoms with Gasteiger partial charge in [0.15, 0.2) is 0 Å². The normalized spacial score (nSPS) is 9.68. The van der Waals surface area contributed by atoms with Crippen LogP contribution in [0.4, 0.5) is 0 Å². The summed E-state index contributed by atoms with van der Waals surface area (Å²) in [5.74, 6) is 0. The summed E-state index contributed by atoms with van der Waals surface area (Å²) in [4.78, 5) is 0. The Balaban J connectivity index is 0.000000133. The van der Waals surface area contributed by atoms with E-state index in [1.165, 1.54) is 21.5 Å². The number of rotatable bonds is 0. The zero-order valence-electron chi connectivity index (χ0n) is 10.4. The van der Waals surface area contributed by atoms with E-state index in [9.17, 15) is 0 Å². The summed E-state index contributed by atoms with van der Waals surface area (Å²) in [7, 11) is 0. The molecule has 4 aromatic carbocycles. The van der Waals surface area contributed by atoms with Gasteiger partial charge in [0.05, 0.1) is 0 Å². The molecule has 4 aromatic rings. The summed E-state index contributed by atoms with van der Waals surface area (Å²) < 4.78 is 0. The van der Waals surface area contributed by atoms with Crippen molar-refractivity contribution in [1.82, 2.24) is 0 Å². The minimum atomic E-state index is 0. The van der Waals surface area contributed by atoms with Crippen molar-refractivity contribution >= 4 is 21.5 Å². The van der Waals surface area contributed by atoms with E-state index in [0.717, 1.165) is 0 Å². The summed E-state index contributed by atoms with van der Waals surface area (Å²) in [5, 5.41) is 5.32. The van der Waals surface area contributed by atoms with Gasteiger partial charge in [-0.15, -0.1) is 35.7 Å². The van der Waals surface area contributed by atoms with Crippen LogP contribution in [0.25, 0.3) is 21.5 Å². The zero-order chi connectivity index (χ0) is 12.2. The van der Waals surface area contributed by atoms with Crippen LogP contribution in [0.15, 0.2) is 84.9 Å². The molecule has 0 aliphatic carbocycles. The van der Waals surface area contributed by atoms with Crippen molar-refractivity contribution in [2.75, 3.05) is 0 Å². The standard InChI is InChI=1S/2C9H7.Ni/c2*1-2-5-9-7-3-6-8(9)4-1;/h2*1-7H;/q-5;-1;. The van der Waals surface area contributed by atoms with Gasteiger partial charge in [-0.05, 0) is 0 Å². The molecule has 0 atom stereocenters. The molecule has 0 heterocycles. The second kappa shape index (κ2) is 6.36. The molecular formula is C18H14Ni-6. The maximum Gasteiger partial charge on any atom is 0 e. The van der Waals surface area contributed by atoms with Crippen molar-refractivity contribution in [3.63, 3.8) is 0 Å². The molecular weight excluding hydrogens is 275 g/mol. The van der Waals surface area contributed by atoms with Gasteiger partial charge >= 0.3 is 0 Å². The molecule has 0 spiro atoms. The summed E-state index contributed by atoms with van der Waals surface area (Å²) in [6.07, 6.45) is 0. The first-order valence-electron chi connectivity index (χ1n) is 6.14. The molecule has 0 unspecified atom stereocenters. The van der Waals surface area contributed by atoms with E-state index in [2.05, 4.69) is 84.9 Å². The first-order chi connectivity index (χ1) is 8.93. The summed E-state index contributed by atoms with van der Waals surface area (Å²) in [6.45, 7) is 0. The summed E-state index contributed by atoms with van der Waals surface area (Å²) in [5.41, 5.74) is 0. The van der Waals surface area contributed by atoms with E-state index >= 15 is 0 Å². The Morgan fingerprint density at radius 2 is 1.26 bits per heavy atom. The molecule has 0 saturated carbocycles. The molecule has 0 fully saturated rings. The largest absolute Gasteiger partial charge is 0.642 e. The third-order valence-corrected chi connectivity index (χ3v) is 3.10. The fraction of sp³-hybridized carbons (Fsp3) is 0. The van der Waals surface area contributed by atoms with Crippen molar-refractivity contribution in [2.24, 2.45) is 0 Å². The quantitative estimate of drug-likeness (QED) is 0.311. The van der Waals surface area contributed by atoms with Crippen LogP contribution in [0.3, 0.4) is 0 Å². The van der Waals surface area contributed by atoms with Gasteiger partial charge in [0.2, 0.25) is 0 Å². The molecule has 0 radical (unpaired) electrons. The summed E-state index contributed by atoms with van der Waals surface area (Å²) >= 11 is 0. The molecule has 0 N–H and O–H groups in total. The Labute approximate surface area is 123 Å². The third-order valence-electron chi connectivity index (χ3n) is 3.10. The van der Waals surface area contributed by atoms with Crippen LogP contribution in [-0.2, 0) is 16.5 Å². The van der Waals surface area contributed by atoms with Crippen molar-refractivity contribution < 1.29 is 16.5 Å². The number of benzene rings is 2. The molecule has 0 aromatic heterocycles. The molecule has 102 valence electrons. The molecule has 0 bridgehead atoms. The van der Waals surface area contributed by atoms with E-state index in [0.29, 0.717) is 0 Å². The van der Waals surface area contributed by atoms with Crippen molar-refractivity contribution in [3.8, 4) is 0 Å².